The molecule has 1 atom stereocenters. The molecule has 0 spiro atoms. The fourth-order valence-corrected chi connectivity index (χ4v) is 1.93. The molecule has 0 bridgehead atoms. The predicted octanol–water partition coefficient (Wildman–Crippen LogP) is 0.816. The van der Waals surface area contributed by atoms with E-state index in [9.17, 15) is 4.79 Å². The van der Waals surface area contributed by atoms with Crippen LogP contribution in [0.25, 0.3) is 0 Å². The van der Waals surface area contributed by atoms with Gasteiger partial charge in [0.25, 0.3) is 0 Å². The second kappa shape index (κ2) is 5.36. The van der Waals surface area contributed by atoms with Gasteiger partial charge in [-0.05, 0) is 18.8 Å². The van der Waals surface area contributed by atoms with E-state index in [1.165, 1.54) is 0 Å². The fraction of sp³-hybridized carbons (Fsp3) is 0.923. The molecule has 0 aromatic rings. The van der Waals surface area contributed by atoms with Crippen LogP contribution in [0.5, 0.6) is 0 Å². The van der Waals surface area contributed by atoms with Crippen molar-refractivity contribution in [1.82, 2.24) is 10.2 Å². The molecule has 17 heavy (non-hydrogen) atoms. The van der Waals surface area contributed by atoms with E-state index >= 15 is 0 Å². The van der Waals surface area contributed by atoms with Gasteiger partial charge in [0.1, 0.15) is 0 Å². The maximum atomic E-state index is 11.7. The Morgan fingerprint density at radius 3 is 2.24 bits per heavy atom. The Labute approximate surface area is 105 Å². The highest BCUT2D eigenvalue weighted by atomic mass is 16.2. The van der Waals surface area contributed by atoms with Crippen molar-refractivity contribution in [3.63, 3.8) is 0 Å². The molecule has 100 valence electrons. The summed E-state index contributed by atoms with van der Waals surface area (Å²) >= 11 is 0. The van der Waals surface area contributed by atoms with E-state index in [2.05, 4.69) is 37.9 Å². The largest absolute Gasteiger partial charge is 0.352 e. The van der Waals surface area contributed by atoms with Gasteiger partial charge in [0, 0.05) is 24.7 Å². The van der Waals surface area contributed by atoms with Gasteiger partial charge < -0.3 is 11.1 Å². The molecule has 1 aliphatic heterocycles. The van der Waals surface area contributed by atoms with Gasteiger partial charge in [-0.15, -0.1) is 0 Å². The molecule has 0 radical (unpaired) electrons. The Morgan fingerprint density at radius 2 is 1.82 bits per heavy atom. The van der Waals surface area contributed by atoms with Crippen LogP contribution in [0.3, 0.4) is 0 Å². The van der Waals surface area contributed by atoms with E-state index in [-0.39, 0.29) is 17.5 Å². The molecular formula is C13H27N3O. The number of hydrogen-bond acceptors (Lipinski definition) is 3. The number of nitrogens with two attached hydrogens (primary N) is 1. The van der Waals surface area contributed by atoms with Crippen LogP contribution in [0.4, 0.5) is 0 Å². The fourth-order valence-electron chi connectivity index (χ4n) is 1.93. The topological polar surface area (TPSA) is 58.4 Å². The minimum Gasteiger partial charge on any atom is -0.352 e. The summed E-state index contributed by atoms with van der Waals surface area (Å²) in [6.07, 6.45) is 0. The first-order chi connectivity index (χ1) is 7.74. The van der Waals surface area contributed by atoms with E-state index in [0.29, 0.717) is 18.4 Å². The first-order valence-corrected chi connectivity index (χ1v) is 6.55. The first kappa shape index (κ1) is 14.5. The quantitative estimate of drug-likeness (QED) is 0.749. The summed E-state index contributed by atoms with van der Waals surface area (Å²) in [6.45, 7) is 12.7. The lowest BCUT2D eigenvalue weighted by Crippen LogP contribution is -2.70. The monoisotopic (exact) mass is 241 g/mol. The third-order valence-electron chi connectivity index (χ3n) is 3.94. The third kappa shape index (κ3) is 3.68. The second-order valence-corrected chi connectivity index (χ2v) is 6.13. The van der Waals surface area contributed by atoms with Crippen molar-refractivity contribution >= 4 is 5.91 Å². The lowest BCUT2D eigenvalue weighted by atomic mass is 9.80. The van der Waals surface area contributed by atoms with E-state index < -0.39 is 0 Å². The molecular weight excluding hydrogens is 214 g/mol. The van der Waals surface area contributed by atoms with E-state index in [4.69, 9.17) is 5.73 Å². The Hall–Kier alpha value is -0.610. The standard InChI is InChI=1S/C13H27N3O/c1-9(2)11(5)15-12(17)6-16-7-13(14,8-16)10(3)4/h9-11H,6-8,14H2,1-5H3,(H,15,17). The highest BCUT2D eigenvalue weighted by molar-refractivity contribution is 5.78. The number of nitrogens with one attached hydrogen (secondary N) is 1. The molecule has 1 rings (SSSR count). The van der Waals surface area contributed by atoms with Crippen LogP contribution in [0.2, 0.25) is 0 Å². The lowest BCUT2D eigenvalue weighted by Gasteiger charge is -2.50. The maximum Gasteiger partial charge on any atom is 0.234 e. The number of amides is 1. The Balaban J connectivity index is 2.27. The van der Waals surface area contributed by atoms with E-state index in [1.54, 1.807) is 0 Å². The molecule has 3 N–H and O–H groups in total. The van der Waals surface area contributed by atoms with Gasteiger partial charge in [0.05, 0.1) is 6.54 Å². The minimum atomic E-state index is -0.0933. The van der Waals surface area contributed by atoms with Crippen molar-refractivity contribution in [3.05, 3.63) is 0 Å². The number of hydrogen-bond donors (Lipinski definition) is 2. The van der Waals surface area contributed by atoms with E-state index in [1.807, 2.05) is 6.92 Å². The minimum absolute atomic E-state index is 0.0933. The molecule has 0 saturated carbocycles. The van der Waals surface area contributed by atoms with Gasteiger partial charge in [-0.2, -0.15) is 0 Å². The second-order valence-electron chi connectivity index (χ2n) is 6.13. The van der Waals surface area contributed by atoms with Crippen molar-refractivity contribution in [3.8, 4) is 0 Å². The van der Waals surface area contributed by atoms with Gasteiger partial charge in [-0.25, -0.2) is 0 Å². The molecule has 4 nitrogen and oxygen atoms in total. The molecule has 4 heteroatoms. The highest BCUT2D eigenvalue weighted by Crippen LogP contribution is 2.25. The molecule has 1 fully saturated rings. The van der Waals surface area contributed by atoms with Gasteiger partial charge in [0.2, 0.25) is 5.91 Å². The highest BCUT2D eigenvalue weighted by Gasteiger charge is 2.42. The summed E-state index contributed by atoms with van der Waals surface area (Å²) < 4.78 is 0. The van der Waals surface area contributed by atoms with Crippen LogP contribution in [0.1, 0.15) is 34.6 Å². The zero-order valence-corrected chi connectivity index (χ0v) is 11.8. The lowest BCUT2D eigenvalue weighted by molar-refractivity contribution is -0.125. The van der Waals surface area contributed by atoms with Crippen LogP contribution in [0.15, 0.2) is 0 Å². The Morgan fingerprint density at radius 1 is 1.29 bits per heavy atom. The van der Waals surface area contributed by atoms with Crippen molar-refractivity contribution in [2.75, 3.05) is 19.6 Å². The van der Waals surface area contributed by atoms with Gasteiger partial charge in [-0.1, -0.05) is 27.7 Å². The zero-order chi connectivity index (χ0) is 13.2. The van der Waals surface area contributed by atoms with Crippen molar-refractivity contribution in [2.45, 2.75) is 46.2 Å². The van der Waals surface area contributed by atoms with Crippen molar-refractivity contribution in [2.24, 2.45) is 17.6 Å². The Bertz CT molecular complexity index is 270. The predicted molar refractivity (Wildman–Crippen MR) is 70.6 cm³/mol. The van der Waals surface area contributed by atoms with Crippen LogP contribution in [-0.2, 0) is 4.79 Å². The SMILES string of the molecule is CC(C)C(C)NC(=O)CN1CC(N)(C(C)C)C1. The Kier molecular flexibility index (Phi) is 4.55. The summed E-state index contributed by atoms with van der Waals surface area (Å²) in [5.41, 5.74) is 6.09. The summed E-state index contributed by atoms with van der Waals surface area (Å²) in [5, 5.41) is 3.01. The summed E-state index contributed by atoms with van der Waals surface area (Å²) in [7, 11) is 0. The molecule has 0 aromatic carbocycles. The maximum absolute atomic E-state index is 11.7. The summed E-state index contributed by atoms with van der Waals surface area (Å²) in [5.74, 6) is 1.05. The molecule has 0 aliphatic carbocycles. The number of carbonyl (C=O) groups excluding carboxylic acids is 1. The molecule has 1 unspecified atom stereocenters. The smallest absolute Gasteiger partial charge is 0.234 e. The molecule has 1 aliphatic rings. The number of carbonyl (C=O) groups is 1. The van der Waals surface area contributed by atoms with Crippen molar-refractivity contribution in [1.29, 1.82) is 0 Å². The molecule has 0 aromatic heterocycles. The first-order valence-electron chi connectivity index (χ1n) is 6.55. The van der Waals surface area contributed by atoms with Gasteiger partial charge >= 0.3 is 0 Å². The summed E-state index contributed by atoms with van der Waals surface area (Å²) in [6, 6.07) is 0.233. The zero-order valence-electron chi connectivity index (χ0n) is 11.8. The van der Waals surface area contributed by atoms with Gasteiger partial charge in [-0.3, -0.25) is 9.69 Å². The third-order valence-corrected chi connectivity index (χ3v) is 3.94. The van der Waals surface area contributed by atoms with Crippen LogP contribution in [0, 0.1) is 11.8 Å². The van der Waals surface area contributed by atoms with Crippen LogP contribution in [-0.4, -0.2) is 42.0 Å². The average Bonchev–Trinajstić information content (AvgIpc) is 2.14. The molecule has 1 saturated heterocycles. The van der Waals surface area contributed by atoms with E-state index in [0.717, 1.165) is 13.1 Å². The van der Waals surface area contributed by atoms with Crippen LogP contribution < -0.4 is 11.1 Å². The van der Waals surface area contributed by atoms with Crippen molar-refractivity contribution < 1.29 is 4.79 Å². The average molecular weight is 241 g/mol. The van der Waals surface area contributed by atoms with Crippen LogP contribution >= 0.6 is 0 Å². The number of rotatable bonds is 5. The number of nitrogens with zero attached hydrogens (tertiary/aromatic N) is 1. The number of likely N-dealkylation sites (tertiary alicyclic amines) is 1. The molecule has 1 amide bonds. The normalized spacial score (nSPS) is 21.4. The molecule has 1 heterocycles. The van der Waals surface area contributed by atoms with Gasteiger partial charge in [0.15, 0.2) is 0 Å². The summed E-state index contributed by atoms with van der Waals surface area (Å²) in [4.78, 5) is 13.9.